The van der Waals surface area contributed by atoms with Crippen LogP contribution in [0.4, 0.5) is 5.13 Å². The zero-order valence-corrected chi connectivity index (χ0v) is 22.5. The van der Waals surface area contributed by atoms with Gasteiger partial charge in [-0.15, -0.1) is 0 Å². The maximum Gasteiger partial charge on any atom is 0.268 e. The highest BCUT2D eigenvalue weighted by atomic mass is 32.2. The fourth-order valence-electron chi connectivity index (χ4n) is 3.64. The smallest absolute Gasteiger partial charge is 0.268 e. The number of carbonyl (C=O) groups excluding carboxylic acids is 1. The number of aryl methyl sites for hydroxylation is 1. The molecule has 2 aromatic heterocycles. The van der Waals surface area contributed by atoms with E-state index in [0.29, 0.717) is 17.1 Å². The minimum atomic E-state index is -3.66. The Bertz CT molecular complexity index is 1460. The van der Waals surface area contributed by atoms with Crippen molar-refractivity contribution in [2.45, 2.75) is 32.9 Å². The van der Waals surface area contributed by atoms with Crippen LogP contribution in [0.2, 0.25) is 0 Å². The van der Waals surface area contributed by atoms with Crippen molar-refractivity contribution >= 4 is 38.5 Å². The number of methoxy groups -OCH3 is 2. The van der Waals surface area contributed by atoms with E-state index in [9.17, 15) is 18.5 Å². The first-order valence-electron chi connectivity index (χ1n) is 10.9. The standard InChI is InChI=1S/C24H27N5O5S2/c1-14(2)13-36(31,32)24-27-23(35-28-24)26-22(30)18(12-25)10-17-9-15(3)29(16(17)4)20-8-7-19(33-5)11-21(20)34-6/h7-11,14H,13H2,1-6H3,(H,26,27,28,30). The quantitative estimate of drug-likeness (QED) is 0.325. The average molecular weight is 530 g/mol. The lowest BCUT2D eigenvalue weighted by Gasteiger charge is -2.15. The Balaban J connectivity index is 1.90. The van der Waals surface area contributed by atoms with E-state index in [1.165, 1.54) is 6.08 Å². The summed E-state index contributed by atoms with van der Waals surface area (Å²) < 4.78 is 41.3. The molecule has 0 saturated carbocycles. The number of amides is 1. The summed E-state index contributed by atoms with van der Waals surface area (Å²) in [6, 6.07) is 9.21. The van der Waals surface area contributed by atoms with E-state index >= 15 is 0 Å². The van der Waals surface area contributed by atoms with E-state index in [1.807, 2.05) is 42.7 Å². The zero-order valence-electron chi connectivity index (χ0n) is 20.8. The van der Waals surface area contributed by atoms with E-state index in [4.69, 9.17) is 9.47 Å². The first-order chi connectivity index (χ1) is 17.0. The highest BCUT2D eigenvalue weighted by Gasteiger charge is 2.23. The van der Waals surface area contributed by atoms with Gasteiger partial charge in [0.2, 0.25) is 15.0 Å². The van der Waals surface area contributed by atoms with Gasteiger partial charge in [0.1, 0.15) is 23.1 Å². The number of nitriles is 1. The lowest BCUT2D eigenvalue weighted by atomic mass is 10.1. The molecular formula is C24H27N5O5S2. The number of sulfone groups is 1. The molecule has 0 fully saturated rings. The Morgan fingerprint density at radius 1 is 1.25 bits per heavy atom. The lowest BCUT2D eigenvalue weighted by molar-refractivity contribution is -0.112. The van der Waals surface area contributed by atoms with Crippen molar-refractivity contribution < 1.29 is 22.7 Å². The third-order valence-corrected chi connectivity index (χ3v) is 7.81. The van der Waals surface area contributed by atoms with Crippen LogP contribution in [-0.2, 0) is 14.6 Å². The van der Waals surface area contributed by atoms with Crippen molar-refractivity contribution in [3.8, 4) is 23.3 Å². The molecule has 0 bridgehead atoms. The van der Waals surface area contributed by atoms with E-state index in [2.05, 4.69) is 14.7 Å². The van der Waals surface area contributed by atoms with Gasteiger partial charge in [0.15, 0.2) is 0 Å². The van der Waals surface area contributed by atoms with Crippen molar-refractivity contribution in [2.24, 2.45) is 5.92 Å². The Kier molecular flexibility index (Phi) is 8.17. The summed E-state index contributed by atoms with van der Waals surface area (Å²) in [5, 5.41) is 11.8. The average Bonchev–Trinajstić information content (AvgIpc) is 3.40. The van der Waals surface area contributed by atoms with Gasteiger partial charge in [0.05, 0.1) is 25.7 Å². The molecule has 0 aliphatic heterocycles. The summed E-state index contributed by atoms with van der Waals surface area (Å²) in [6.45, 7) is 7.32. The third kappa shape index (κ3) is 5.75. The number of rotatable bonds is 9. The summed E-state index contributed by atoms with van der Waals surface area (Å²) in [7, 11) is -0.514. The highest BCUT2D eigenvalue weighted by Crippen LogP contribution is 2.32. The van der Waals surface area contributed by atoms with Crippen molar-refractivity contribution in [2.75, 3.05) is 25.3 Å². The molecular weight excluding hydrogens is 502 g/mol. The number of benzene rings is 1. The second-order valence-corrected chi connectivity index (χ2v) is 11.1. The van der Waals surface area contributed by atoms with Gasteiger partial charge in [0, 0.05) is 29.0 Å². The Hall–Kier alpha value is -3.69. The molecule has 10 nitrogen and oxygen atoms in total. The van der Waals surface area contributed by atoms with E-state index in [1.54, 1.807) is 34.1 Å². The van der Waals surface area contributed by atoms with Crippen LogP contribution in [0.15, 0.2) is 35.0 Å². The molecule has 36 heavy (non-hydrogen) atoms. The summed E-state index contributed by atoms with van der Waals surface area (Å²) >= 11 is 0.743. The number of hydrogen-bond donors (Lipinski definition) is 1. The predicted molar refractivity (Wildman–Crippen MR) is 137 cm³/mol. The number of nitrogens with one attached hydrogen (secondary N) is 1. The SMILES string of the molecule is COc1ccc(-n2c(C)cc(C=C(C#N)C(=O)Nc3nc(S(=O)(=O)CC(C)C)ns3)c2C)c(OC)c1. The van der Waals surface area contributed by atoms with E-state index in [-0.39, 0.29) is 27.5 Å². The van der Waals surface area contributed by atoms with Gasteiger partial charge in [-0.3, -0.25) is 10.1 Å². The number of carbonyl (C=O) groups is 1. The van der Waals surface area contributed by atoms with Gasteiger partial charge in [-0.1, -0.05) is 13.8 Å². The number of anilines is 1. The maximum atomic E-state index is 12.8. The second kappa shape index (κ2) is 10.9. The minimum Gasteiger partial charge on any atom is -0.497 e. The van der Waals surface area contributed by atoms with E-state index < -0.39 is 15.7 Å². The fourth-order valence-corrected chi connectivity index (χ4v) is 6.00. The van der Waals surface area contributed by atoms with Crippen LogP contribution in [0.25, 0.3) is 11.8 Å². The Morgan fingerprint density at radius 2 is 1.97 bits per heavy atom. The number of aromatic nitrogens is 3. The zero-order chi connectivity index (χ0) is 26.6. The van der Waals surface area contributed by atoms with Gasteiger partial charge >= 0.3 is 0 Å². The van der Waals surface area contributed by atoms with Crippen molar-refractivity contribution in [1.82, 2.24) is 13.9 Å². The number of nitrogens with zero attached hydrogens (tertiary/aromatic N) is 4. The molecule has 190 valence electrons. The Morgan fingerprint density at radius 3 is 2.58 bits per heavy atom. The molecule has 12 heteroatoms. The summed E-state index contributed by atoms with van der Waals surface area (Å²) in [4.78, 5) is 16.7. The van der Waals surface area contributed by atoms with Crippen LogP contribution >= 0.6 is 11.5 Å². The molecule has 1 N–H and O–H groups in total. The summed E-state index contributed by atoms with van der Waals surface area (Å²) in [6.07, 6.45) is 1.47. The Labute approximate surface area is 214 Å². The molecule has 0 unspecified atom stereocenters. The largest absolute Gasteiger partial charge is 0.497 e. The molecule has 3 aromatic rings. The van der Waals surface area contributed by atoms with Crippen LogP contribution in [0.1, 0.15) is 30.8 Å². The fraction of sp³-hybridized carbons (Fsp3) is 0.333. The summed E-state index contributed by atoms with van der Waals surface area (Å²) in [5.41, 5.74) is 2.92. The number of ether oxygens (including phenoxy) is 2. The van der Waals surface area contributed by atoms with Gasteiger partial charge in [-0.25, -0.2) is 8.42 Å². The highest BCUT2D eigenvalue weighted by molar-refractivity contribution is 7.91. The minimum absolute atomic E-state index is 0.00285. The van der Waals surface area contributed by atoms with Crippen LogP contribution in [-0.4, -0.2) is 48.2 Å². The summed E-state index contributed by atoms with van der Waals surface area (Å²) in [5.74, 6) is 0.340. The molecule has 0 radical (unpaired) electrons. The molecule has 0 atom stereocenters. The molecule has 2 heterocycles. The first-order valence-corrected chi connectivity index (χ1v) is 13.3. The van der Waals surface area contributed by atoms with Gasteiger partial charge in [0.25, 0.3) is 11.1 Å². The molecule has 0 aliphatic rings. The second-order valence-electron chi connectivity index (χ2n) is 8.38. The van der Waals surface area contributed by atoms with Crippen molar-refractivity contribution in [3.05, 3.63) is 46.8 Å². The molecule has 0 aliphatic carbocycles. The van der Waals surface area contributed by atoms with Gasteiger partial charge < -0.3 is 14.0 Å². The molecule has 1 amide bonds. The van der Waals surface area contributed by atoms with Crippen molar-refractivity contribution in [3.63, 3.8) is 0 Å². The molecule has 0 saturated heterocycles. The van der Waals surface area contributed by atoms with E-state index in [0.717, 1.165) is 28.6 Å². The number of hydrogen-bond acceptors (Lipinski definition) is 9. The van der Waals surface area contributed by atoms with Crippen molar-refractivity contribution in [1.29, 1.82) is 5.26 Å². The maximum absolute atomic E-state index is 12.8. The third-order valence-electron chi connectivity index (χ3n) is 5.22. The monoisotopic (exact) mass is 529 g/mol. The first kappa shape index (κ1) is 26.9. The predicted octanol–water partition coefficient (Wildman–Crippen LogP) is 3.94. The lowest BCUT2D eigenvalue weighted by Crippen LogP contribution is -2.15. The van der Waals surface area contributed by atoms with Gasteiger partial charge in [-0.05, 0) is 49.6 Å². The molecule has 3 rings (SSSR count). The molecule has 1 aromatic carbocycles. The van der Waals surface area contributed by atoms with Crippen LogP contribution in [0.3, 0.4) is 0 Å². The van der Waals surface area contributed by atoms with Gasteiger partial charge in [-0.2, -0.15) is 14.6 Å². The topological polar surface area (TPSA) is 136 Å². The van der Waals surface area contributed by atoms with Crippen LogP contribution in [0.5, 0.6) is 11.5 Å². The van der Waals surface area contributed by atoms with Crippen LogP contribution in [0, 0.1) is 31.1 Å². The van der Waals surface area contributed by atoms with Crippen LogP contribution < -0.4 is 14.8 Å². The normalized spacial score (nSPS) is 11.9. The molecule has 0 spiro atoms.